The molecule has 2 N–H and O–H groups in total. The zero-order valence-corrected chi connectivity index (χ0v) is 17.7. The van der Waals surface area contributed by atoms with Crippen LogP contribution in [0.2, 0.25) is 0 Å². The topological polar surface area (TPSA) is 129 Å². The van der Waals surface area contributed by atoms with Crippen LogP contribution >= 0.6 is 0 Å². The van der Waals surface area contributed by atoms with Gasteiger partial charge in [-0.2, -0.15) is 5.26 Å². The molecule has 4 amide bonds. The first kappa shape index (κ1) is 22.1. The van der Waals surface area contributed by atoms with E-state index >= 15 is 0 Å². The summed E-state index contributed by atoms with van der Waals surface area (Å²) in [5.74, 6) is -1.80. The molecule has 164 valence electrons. The van der Waals surface area contributed by atoms with E-state index in [1.54, 1.807) is 0 Å². The second-order valence-corrected chi connectivity index (χ2v) is 8.82. The Hall–Kier alpha value is -2.63. The van der Waals surface area contributed by atoms with Crippen molar-refractivity contribution in [1.29, 1.82) is 5.26 Å². The highest BCUT2D eigenvalue weighted by Gasteiger charge is 2.55. The van der Waals surface area contributed by atoms with Gasteiger partial charge in [0.05, 0.1) is 6.07 Å². The van der Waals surface area contributed by atoms with Crippen molar-refractivity contribution in [1.82, 2.24) is 15.5 Å². The van der Waals surface area contributed by atoms with Crippen LogP contribution in [0.3, 0.4) is 0 Å². The molecular weight excluding hydrogens is 388 g/mol. The molecule has 1 heterocycles. The lowest BCUT2D eigenvalue weighted by Crippen LogP contribution is -2.54. The molecule has 9 nitrogen and oxygen atoms in total. The van der Waals surface area contributed by atoms with Gasteiger partial charge in [0.25, 0.3) is 11.8 Å². The van der Waals surface area contributed by atoms with Gasteiger partial charge in [0.15, 0.2) is 6.10 Å². The number of esters is 1. The molecule has 1 aliphatic heterocycles. The van der Waals surface area contributed by atoms with E-state index in [-0.39, 0.29) is 5.92 Å². The SMILES string of the molecule is C[C@H](OC(=O)CN1C(=O)N[C@@]2(CCCC[C@@H]2C)C1=O)C(=O)NC1(C#N)CCCCC1. The minimum absolute atomic E-state index is 0.00825. The maximum Gasteiger partial charge on any atom is 0.327 e. The molecule has 9 heteroatoms. The van der Waals surface area contributed by atoms with E-state index in [2.05, 4.69) is 16.7 Å². The Morgan fingerprint density at radius 2 is 1.90 bits per heavy atom. The minimum Gasteiger partial charge on any atom is -0.451 e. The summed E-state index contributed by atoms with van der Waals surface area (Å²) in [5, 5.41) is 15.0. The van der Waals surface area contributed by atoms with Crippen LogP contribution in [0.4, 0.5) is 4.79 Å². The molecule has 0 unspecified atom stereocenters. The first-order valence-electron chi connectivity index (χ1n) is 10.8. The van der Waals surface area contributed by atoms with Crippen LogP contribution in [-0.4, -0.2) is 52.4 Å². The lowest BCUT2D eigenvalue weighted by atomic mass is 9.73. The van der Waals surface area contributed by atoms with Crippen molar-refractivity contribution in [2.24, 2.45) is 5.92 Å². The van der Waals surface area contributed by atoms with E-state index in [9.17, 15) is 24.4 Å². The highest BCUT2D eigenvalue weighted by atomic mass is 16.5. The van der Waals surface area contributed by atoms with Gasteiger partial charge >= 0.3 is 12.0 Å². The summed E-state index contributed by atoms with van der Waals surface area (Å²) < 4.78 is 5.17. The summed E-state index contributed by atoms with van der Waals surface area (Å²) in [5.41, 5.74) is -1.87. The average molecular weight is 418 g/mol. The van der Waals surface area contributed by atoms with Crippen LogP contribution < -0.4 is 10.6 Å². The lowest BCUT2D eigenvalue weighted by molar-refractivity contribution is -0.157. The van der Waals surface area contributed by atoms with Crippen molar-refractivity contribution in [2.45, 2.75) is 88.8 Å². The van der Waals surface area contributed by atoms with E-state index in [4.69, 9.17) is 4.74 Å². The lowest BCUT2D eigenvalue weighted by Gasteiger charge is -2.36. The molecule has 1 saturated heterocycles. The number of hydrogen-bond acceptors (Lipinski definition) is 6. The first-order chi connectivity index (χ1) is 14.2. The molecule has 0 aromatic heterocycles. The summed E-state index contributed by atoms with van der Waals surface area (Å²) in [7, 11) is 0. The number of imide groups is 1. The molecule has 3 atom stereocenters. The van der Waals surface area contributed by atoms with Crippen LogP contribution in [-0.2, 0) is 19.1 Å². The maximum absolute atomic E-state index is 12.9. The Labute approximate surface area is 176 Å². The van der Waals surface area contributed by atoms with Crippen molar-refractivity contribution in [2.75, 3.05) is 6.54 Å². The summed E-state index contributed by atoms with van der Waals surface area (Å²) in [6.07, 6.45) is 5.97. The molecule has 1 spiro atoms. The fourth-order valence-corrected chi connectivity index (χ4v) is 4.81. The monoisotopic (exact) mass is 418 g/mol. The number of amides is 4. The third-order valence-corrected chi connectivity index (χ3v) is 6.75. The zero-order valence-electron chi connectivity index (χ0n) is 17.7. The van der Waals surface area contributed by atoms with Gasteiger partial charge in [-0.3, -0.25) is 19.3 Å². The number of hydrogen-bond donors (Lipinski definition) is 2. The summed E-state index contributed by atoms with van der Waals surface area (Å²) in [4.78, 5) is 51.0. The number of carbonyl (C=O) groups excluding carboxylic acids is 4. The van der Waals surface area contributed by atoms with Crippen molar-refractivity contribution in [3.63, 3.8) is 0 Å². The Kier molecular flexibility index (Phi) is 6.34. The molecule has 2 saturated carbocycles. The van der Waals surface area contributed by atoms with E-state index in [0.717, 1.165) is 43.4 Å². The Morgan fingerprint density at radius 3 is 2.53 bits per heavy atom. The second-order valence-electron chi connectivity index (χ2n) is 8.82. The molecule has 0 aromatic rings. The maximum atomic E-state index is 12.9. The van der Waals surface area contributed by atoms with Gasteiger partial charge in [-0.05, 0) is 38.5 Å². The molecule has 2 aliphatic carbocycles. The Morgan fingerprint density at radius 1 is 1.23 bits per heavy atom. The fraction of sp³-hybridized carbons (Fsp3) is 0.762. The van der Waals surface area contributed by atoms with Crippen LogP contribution in [0.25, 0.3) is 0 Å². The number of nitriles is 1. The standard InChI is InChI=1S/C21H30N4O5/c1-14-8-4-7-11-21(14)18(28)25(19(29)24-21)12-16(26)30-15(2)17(27)23-20(13-22)9-5-3-6-10-20/h14-15H,3-12H2,1-2H3,(H,23,27)(H,24,29)/t14-,15-,21+/m0/s1. The van der Waals surface area contributed by atoms with Crippen molar-refractivity contribution < 1.29 is 23.9 Å². The van der Waals surface area contributed by atoms with Gasteiger partial charge in [-0.15, -0.1) is 0 Å². The van der Waals surface area contributed by atoms with E-state index in [1.165, 1.54) is 6.92 Å². The Balaban J connectivity index is 1.57. The van der Waals surface area contributed by atoms with E-state index < -0.39 is 47.5 Å². The highest BCUT2D eigenvalue weighted by Crippen LogP contribution is 2.38. The van der Waals surface area contributed by atoms with Gasteiger partial charge in [0, 0.05) is 0 Å². The third kappa shape index (κ3) is 4.13. The number of urea groups is 1. The van der Waals surface area contributed by atoms with Crippen molar-refractivity contribution in [3.05, 3.63) is 0 Å². The van der Waals surface area contributed by atoms with Gasteiger partial charge in [-0.1, -0.05) is 39.0 Å². The second kappa shape index (κ2) is 8.62. The Bertz CT molecular complexity index is 770. The van der Waals surface area contributed by atoms with Crippen LogP contribution in [0.15, 0.2) is 0 Å². The van der Waals surface area contributed by atoms with Gasteiger partial charge in [0.1, 0.15) is 17.6 Å². The van der Waals surface area contributed by atoms with Gasteiger partial charge < -0.3 is 15.4 Å². The molecule has 3 aliphatic rings. The van der Waals surface area contributed by atoms with Crippen molar-refractivity contribution in [3.8, 4) is 6.07 Å². The summed E-state index contributed by atoms with van der Waals surface area (Å²) >= 11 is 0. The van der Waals surface area contributed by atoms with Crippen LogP contribution in [0, 0.1) is 17.2 Å². The number of carbonyl (C=O) groups is 4. The molecule has 0 bridgehead atoms. The molecule has 0 radical (unpaired) electrons. The number of rotatable bonds is 5. The smallest absolute Gasteiger partial charge is 0.327 e. The predicted molar refractivity (Wildman–Crippen MR) is 106 cm³/mol. The highest BCUT2D eigenvalue weighted by molar-refractivity contribution is 6.09. The minimum atomic E-state index is -1.13. The average Bonchev–Trinajstić information content (AvgIpc) is 2.95. The van der Waals surface area contributed by atoms with Gasteiger partial charge in [0.2, 0.25) is 0 Å². The van der Waals surface area contributed by atoms with Crippen LogP contribution in [0.5, 0.6) is 0 Å². The van der Waals surface area contributed by atoms with Gasteiger partial charge in [-0.25, -0.2) is 4.79 Å². The third-order valence-electron chi connectivity index (χ3n) is 6.75. The normalized spacial score (nSPS) is 29.1. The molecule has 0 aromatic carbocycles. The first-order valence-corrected chi connectivity index (χ1v) is 10.8. The molecule has 3 rings (SSSR count). The van der Waals surface area contributed by atoms with Crippen molar-refractivity contribution >= 4 is 23.8 Å². The van der Waals surface area contributed by atoms with E-state index in [0.29, 0.717) is 19.3 Å². The molecular formula is C21H30N4O5. The molecule has 3 fully saturated rings. The number of ether oxygens (including phenoxy) is 1. The number of nitrogens with zero attached hydrogens (tertiary/aromatic N) is 2. The summed E-state index contributed by atoms with van der Waals surface area (Å²) in [6, 6.07) is 1.58. The fourth-order valence-electron chi connectivity index (χ4n) is 4.81. The zero-order chi connectivity index (χ0) is 21.9. The molecule has 30 heavy (non-hydrogen) atoms. The largest absolute Gasteiger partial charge is 0.451 e. The number of nitrogens with one attached hydrogen (secondary N) is 2. The predicted octanol–water partition coefficient (Wildman–Crippen LogP) is 1.76. The summed E-state index contributed by atoms with van der Waals surface area (Å²) in [6.45, 7) is 2.81. The quantitative estimate of drug-likeness (QED) is 0.517. The van der Waals surface area contributed by atoms with Crippen LogP contribution in [0.1, 0.15) is 71.6 Å². The van der Waals surface area contributed by atoms with E-state index in [1.807, 2.05) is 6.92 Å².